The van der Waals surface area contributed by atoms with Crippen molar-refractivity contribution in [3.8, 4) is 5.75 Å². The van der Waals surface area contributed by atoms with Crippen LogP contribution in [0.25, 0.3) is 0 Å². The van der Waals surface area contributed by atoms with E-state index in [4.69, 9.17) is 4.74 Å². The van der Waals surface area contributed by atoms with Gasteiger partial charge < -0.3 is 10.1 Å². The number of benzene rings is 2. The topological polar surface area (TPSA) is 72.5 Å². The standard InChI is InChI=1S/C19H23NO4S/c1-3-13-24-18-7-5-4-6-17(18)20-19(21)12-14-25(22,23)16-10-8-15(2)9-11-16/h4-11H,3,12-14H2,1-2H3,(H,20,21). The Kier molecular flexibility index (Phi) is 6.58. The highest BCUT2D eigenvalue weighted by Gasteiger charge is 2.17. The second-order valence-electron chi connectivity index (χ2n) is 5.77. The molecule has 0 fully saturated rings. The van der Waals surface area contributed by atoms with Crippen LogP contribution in [-0.4, -0.2) is 26.7 Å². The first-order valence-corrected chi connectivity index (χ1v) is 9.88. The molecular weight excluding hydrogens is 338 g/mol. The molecule has 0 bridgehead atoms. The Balaban J connectivity index is 1.98. The number of amides is 1. The van der Waals surface area contributed by atoms with Crippen molar-refractivity contribution in [2.75, 3.05) is 17.7 Å². The van der Waals surface area contributed by atoms with Gasteiger partial charge in [0.1, 0.15) is 5.75 Å². The number of anilines is 1. The molecule has 2 aromatic rings. The smallest absolute Gasteiger partial charge is 0.225 e. The Morgan fingerprint density at radius 1 is 1.08 bits per heavy atom. The van der Waals surface area contributed by atoms with Crippen LogP contribution in [0, 0.1) is 6.92 Å². The maximum absolute atomic E-state index is 12.3. The molecule has 0 aliphatic carbocycles. The van der Waals surface area contributed by atoms with Crippen molar-refractivity contribution in [2.24, 2.45) is 0 Å². The van der Waals surface area contributed by atoms with Crippen LogP contribution >= 0.6 is 0 Å². The van der Waals surface area contributed by atoms with Crippen LogP contribution in [0.5, 0.6) is 5.75 Å². The van der Waals surface area contributed by atoms with Crippen LogP contribution in [0.4, 0.5) is 5.69 Å². The third-order valence-corrected chi connectivity index (χ3v) is 5.33. The zero-order valence-corrected chi connectivity index (χ0v) is 15.3. The molecule has 0 aliphatic heterocycles. The summed E-state index contributed by atoms with van der Waals surface area (Å²) in [5, 5.41) is 2.72. The number of carbonyl (C=O) groups is 1. The fraction of sp³-hybridized carbons (Fsp3) is 0.316. The van der Waals surface area contributed by atoms with Gasteiger partial charge in [0.2, 0.25) is 5.91 Å². The average molecular weight is 361 g/mol. The number of rotatable bonds is 8. The van der Waals surface area contributed by atoms with Crippen molar-refractivity contribution in [1.82, 2.24) is 0 Å². The van der Waals surface area contributed by atoms with E-state index in [0.29, 0.717) is 18.0 Å². The minimum absolute atomic E-state index is 0.113. The molecule has 0 saturated heterocycles. The van der Waals surface area contributed by atoms with E-state index in [1.54, 1.807) is 42.5 Å². The predicted octanol–water partition coefficient (Wildman–Crippen LogP) is 3.59. The molecule has 0 unspecified atom stereocenters. The van der Waals surface area contributed by atoms with E-state index in [9.17, 15) is 13.2 Å². The summed E-state index contributed by atoms with van der Waals surface area (Å²) in [7, 11) is -3.48. The predicted molar refractivity (Wildman–Crippen MR) is 98.7 cm³/mol. The summed E-state index contributed by atoms with van der Waals surface area (Å²) >= 11 is 0. The lowest BCUT2D eigenvalue weighted by atomic mass is 10.2. The van der Waals surface area contributed by atoms with Crippen LogP contribution in [0.2, 0.25) is 0 Å². The van der Waals surface area contributed by atoms with Gasteiger partial charge in [-0.1, -0.05) is 36.8 Å². The molecule has 6 heteroatoms. The summed E-state index contributed by atoms with van der Waals surface area (Å²) in [4.78, 5) is 12.4. The van der Waals surface area contributed by atoms with Crippen LogP contribution in [-0.2, 0) is 14.6 Å². The lowest BCUT2D eigenvalue weighted by Gasteiger charge is -2.12. The first kappa shape index (κ1) is 19.0. The van der Waals surface area contributed by atoms with Gasteiger partial charge >= 0.3 is 0 Å². The van der Waals surface area contributed by atoms with Crippen molar-refractivity contribution >= 4 is 21.4 Å². The highest BCUT2D eigenvalue weighted by atomic mass is 32.2. The second-order valence-corrected chi connectivity index (χ2v) is 7.88. The fourth-order valence-electron chi connectivity index (χ4n) is 2.21. The van der Waals surface area contributed by atoms with E-state index in [0.717, 1.165) is 12.0 Å². The lowest BCUT2D eigenvalue weighted by Crippen LogP contribution is -2.18. The van der Waals surface area contributed by atoms with Crippen molar-refractivity contribution < 1.29 is 17.9 Å². The molecule has 0 spiro atoms. The Hall–Kier alpha value is -2.34. The molecule has 0 atom stereocenters. The van der Waals surface area contributed by atoms with Gasteiger partial charge in [-0.25, -0.2) is 8.42 Å². The van der Waals surface area contributed by atoms with Gasteiger partial charge in [-0.2, -0.15) is 0 Å². The van der Waals surface area contributed by atoms with E-state index < -0.39 is 9.84 Å². The van der Waals surface area contributed by atoms with E-state index >= 15 is 0 Å². The minimum Gasteiger partial charge on any atom is -0.491 e. The highest BCUT2D eigenvalue weighted by Crippen LogP contribution is 2.24. The summed E-state index contributed by atoms with van der Waals surface area (Å²) in [6, 6.07) is 13.7. The Labute approximate surface area is 148 Å². The van der Waals surface area contributed by atoms with Crippen LogP contribution in [0.3, 0.4) is 0 Å². The van der Waals surface area contributed by atoms with E-state index in [2.05, 4.69) is 5.32 Å². The Morgan fingerprint density at radius 3 is 2.44 bits per heavy atom. The fourth-order valence-corrected chi connectivity index (χ4v) is 3.45. The SMILES string of the molecule is CCCOc1ccccc1NC(=O)CCS(=O)(=O)c1ccc(C)cc1. The molecular formula is C19H23NO4S. The molecule has 1 N–H and O–H groups in total. The maximum atomic E-state index is 12.3. The van der Waals surface area contributed by atoms with Crippen molar-refractivity contribution in [3.05, 3.63) is 54.1 Å². The third kappa shape index (κ3) is 5.60. The van der Waals surface area contributed by atoms with E-state index in [1.165, 1.54) is 0 Å². The molecule has 0 aliphatic rings. The highest BCUT2D eigenvalue weighted by molar-refractivity contribution is 7.91. The lowest BCUT2D eigenvalue weighted by molar-refractivity contribution is -0.115. The number of aryl methyl sites for hydroxylation is 1. The number of hydrogen-bond acceptors (Lipinski definition) is 4. The molecule has 2 aromatic carbocycles. The summed E-state index contributed by atoms with van der Waals surface area (Å²) < 4.78 is 30.2. The van der Waals surface area contributed by atoms with Crippen molar-refractivity contribution in [2.45, 2.75) is 31.6 Å². The van der Waals surface area contributed by atoms with Crippen LogP contribution in [0.1, 0.15) is 25.3 Å². The van der Waals surface area contributed by atoms with Crippen molar-refractivity contribution in [3.63, 3.8) is 0 Å². The normalized spacial score (nSPS) is 11.1. The van der Waals surface area contributed by atoms with Gasteiger partial charge in [0.05, 0.1) is 22.9 Å². The molecule has 134 valence electrons. The molecule has 0 aromatic heterocycles. The quantitative estimate of drug-likeness (QED) is 0.780. The molecule has 0 saturated carbocycles. The van der Waals surface area contributed by atoms with Gasteiger partial charge in [-0.05, 0) is 37.6 Å². The average Bonchev–Trinajstić information content (AvgIpc) is 2.60. The number of hydrogen-bond donors (Lipinski definition) is 1. The van der Waals surface area contributed by atoms with Gasteiger partial charge in [-0.15, -0.1) is 0 Å². The van der Waals surface area contributed by atoms with E-state index in [-0.39, 0.29) is 23.0 Å². The summed E-state index contributed by atoms with van der Waals surface area (Å²) in [5.41, 5.74) is 1.54. The molecule has 5 nitrogen and oxygen atoms in total. The first-order valence-electron chi connectivity index (χ1n) is 8.23. The Bertz CT molecular complexity index is 814. The number of carbonyl (C=O) groups excluding carboxylic acids is 1. The molecule has 0 radical (unpaired) electrons. The summed E-state index contributed by atoms with van der Waals surface area (Å²) in [6.07, 6.45) is 0.745. The van der Waals surface area contributed by atoms with Crippen molar-refractivity contribution in [1.29, 1.82) is 0 Å². The molecule has 2 rings (SSSR count). The van der Waals surface area contributed by atoms with Crippen LogP contribution < -0.4 is 10.1 Å². The van der Waals surface area contributed by atoms with Gasteiger partial charge in [0, 0.05) is 6.42 Å². The molecule has 0 heterocycles. The number of ether oxygens (including phenoxy) is 1. The summed E-state index contributed by atoms with van der Waals surface area (Å²) in [5.74, 6) is -0.0119. The van der Waals surface area contributed by atoms with E-state index in [1.807, 2.05) is 19.9 Å². The van der Waals surface area contributed by atoms with Gasteiger partial charge in [0.15, 0.2) is 9.84 Å². The number of nitrogens with one attached hydrogen (secondary N) is 1. The number of para-hydroxylation sites is 2. The van der Waals surface area contributed by atoms with Crippen LogP contribution in [0.15, 0.2) is 53.4 Å². The minimum atomic E-state index is -3.48. The summed E-state index contributed by atoms with van der Waals surface area (Å²) in [6.45, 7) is 4.44. The zero-order valence-electron chi connectivity index (χ0n) is 14.5. The third-order valence-electron chi connectivity index (χ3n) is 3.60. The largest absolute Gasteiger partial charge is 0.491 e. The monoisotopic (exact) mass is 361 g/mol. The second kappa shape index (κ2) is 8.67. The number of sulfone groups is 1. The van der Waals surface area contributed by atoms with Gasteiger partial charge in [0.25, 0.3) is 0 Å². The molecule has 1 amide bonds. The first-order chi connectivity index (χ1) is 11.9. The van der Waals surface area contributed by atoms with Gasteiger partial charge in [-0.3, -0.25) is 4.79 Å². The Morgan fingerprint density at radius 2 is 1.76 bits per heavy atom. The maximum Gasteiger partial charge on any atom is 0.225 e. The zero-order chi connectivity index (χ0) is 18.3. The molecule has 25 heavy (non-hydrogen) atoms.